The van der Waals surface area contributed by atoms with Crippen molar-refractivity contribution in [2.24, 2.45) is 5.73 Å². The summed E-state index contributed by atoms with van der Waals surface area (Å²) in [5.74, 6) is 0. The van der Waals surface area contributed by atoms with Crippen LogP contribution in [0.5, 0.6) is 0 Å². The quantitative estimate of drug-likeness (QED) is 0.619. The number of hydroxylamine groups is 2. The Balaban J connectivity index is 1.90. The second kappa shape index (κ2) is 5.16. The molecule has 1 aliphatic heterocycles. The van der Waals surface area contributed by atoms with Crippen molar-refractivity contribution in [1.82, 2.24) is 5.06 Å². The minimum absolute atomic E-state index is 0.0440. The highest BCUT2D eigenvalue weighted by molar-refractivity contribution is 5.70. The van der Waals surface area contributed by atoms with Crippen molar-refractivity contribution < 1.29 is 14.7 Å². The molecule has 0 bridgehead atoms. The highest BCUT2D eigenvalue weighted by Crippen LogP contribution is 2.32. The van der Waals surface area contributed by atoms with Gasteiger partial charge in [-0.3, -0.25) is 5.21 Å². The van der Waals surface area contributed by atoms with Gasteiger partial charge in [-0.15, -0.1) is 0 Å². The van der Waals surface area contributed by atoms with Crippen molar-refractivity contribution in [3.8, 4) is 0 Å². The average molecular weight is 236 g/mol. The predicted octanol–water partition coefficient (Wildman–Crippen LogP) is 1.68. The largest absolute Gasteiger partial charge is 0.368 e. The van der Waals surface area contributed by atoms with Crippen molar-refractivity contribution in [2.75, 3.05) is 6.54 Å². The molecule has 5 heteroatoms. The van der Waals surface area contributed by atoms with Gasteiger partial charge in [0.15, 0.2) is 0 Å². The number of carbonyl (C=O) groups excluding carboxylic acids is 1. The van der Waals surface area contributed by atoms with E-state index in [0.29, 0.717) is 5.06 Å². The van der Waals surface area contributed by atoms with Gasteiger partial charge in [0, 0.05) is 0 Å². The summed E-state index contributed by atoms with van der Waals surface area (Å²) in [4.78, 5) is 10.7. The molecule has 1 aromatic rings. The molecule has 1 aromatic carbocycles. The summed E-state index contributed by atoms with van der Waals surface area (Å²) in [5.41, 5.74) is 6.06. The first-order valence-electron chi connectivity index (χ1n) is 5.63. The zero-order valence-corrected chi connectivity index (χ0v) is 9.45. The highest BCUT2D eigenvalue weighted by Gasteiger charge is 2.28. The Hall–Kier alpha value is -1.59. The third-order valence-corrected chi connectivity index (χ3v) is 2.91. The van der Waals surface area contributed by atoms with E-state index >= 15 is 0 Å². The molecular weight excluding hydrogens is 220 g/mol. The van der Waals surface area contributed by atoms with E-state index in [1.54, 1.807) is 0 Å². The number of ether oxygens (including phenoxy) is 1. The fraction of sp³-hybridized carbons (Fsp3) is 0.417. The molecule has 2 rings (SSSR count). The van der Waals surface area contributed by atoms with Gasteiger partial charge in [0.05, 0.1) is 18.8 Å². The van der Waals surface area contributed by atoms with E-state index < -0.39 is 6.03 Å². The molecule has 2 atom stereocenters. The second-order valence-electron chi connectivity index (χ2n) is 4.16. The third kappa shape index (κ3) is 2.95. The van der Waals surface area contributed by atoms with Gasteiger partial charge in [-0.25, -0.2) is 9.86 Å². The number of nitrogens with two attached hydrogens (primary N) is 1. The van der Waals surface area contributed by atoms with Gasteiger partial charge in [0.1, 0.15) is 0 Å². The van der Waals surface area contributed by atoms with Gasteiger partial charge >= 0.3 is 6.03 Å². The van der Waals surface area contributed by atoms with Gasteiger partial charge in [-0.1, -0.05) is 30.3 Å². The van der Waals surface area contributed by atoms with E-state index in [1.807, 2.05) is 30.3 Å². The van der Waals surface area contributed by atoms with Gasteiger partial charge in [0.2, 0.25) is 0 Å². The lowest BCUT2D eigenvalue weighted by Crippen LogP contribution is -2.38. The molecule has 5 nitrogen and oxygen atoms in total. The lowest BCUT2D eigenvalue weighted by Gasteiger charge is -2.18. The number of hydrogen-bond acceptors (Lipinski definition) is 3. The molecular formula is C12H16N2O3. The van der Waals surface area contributed by atoms with Crippen molar-refractivity contribution in [3.05, 3.63) is 35.9 Å². The van der Waals surface area contributed by atoms with Crippen LogP contribution in [0, 0.1) is 0 Å². The molecule has 1 fully saturated rings. The molecule has 1 saturated heterocycles. The van der Waals surface area contributed by atoms with Crippen LogP contribution in [0.4, 0.5) is 4.79 Å². The first-order chi connectivity index (χ1) is 8.16. The van der Waals surface area contributed by atoms with Gasteiger partial charge in [-0.05, 0) is 18.4 Å². The van der Waals surface area contributed by atoms with E-state index in [0.717, 1.165) is 18.4 Å². The molecule has 17 heavy (non-hydrogen) atoms. The molecule has 0 saturated carbocycles. The van der Waals surface area contributed by atoms with Crippen LogP contribution in [0.2, 0.25) is 0 Å². The SMILES string of the molecule is NC(=O)N(O)C[C@H]1CC[C@@H](c2ccccc2)O1. The Kier molecular flexibility index (Phi) is 3.61. The first kappa shape index (κ1) is 11.9. The maximum atomic E-state index is 10.7. The fourth-order valence-electron chi connectivity index (χ4n) is 2.04. The molecule has 92 valence electrons. The molecule has 2 amide bonds. The number of amides is 2. The number of carbonyl (C=O) groups is 1. The molecule has 3 N–H and O–H groups in total. The van der Waals surface area contributed by atoms with E-state index in [-0.39, 0.29) is 18.8 Å². The van der Waals surface area contributed by atoms with Crippen LogP contribution in [0.15, 0.2) is 30.3 Å². The minimum atomic E-state index is -0.850. The standard InChI is InChI=1S/C12H16N2O3/c13-12(15)14(16)8-10-6-7-11(17-10)9-4-2-1-3-5-9/h1-5,10-11,16H,6-8H2,(H2,13,15)/t10-,11+/m1/s1. The Morgan fingerprint density at radius 3 is 2.76 bits per heavy atom. The van der Waals surface area contributed by atoms with Crippen LogP contribution in [-0.4, -0.2) is 29.0 Å². The zero-order valence-electron chi connectivity index (χ0n) is 9.45. The van der Waals surface area contributed by atoms with E-state index in [2.05, 4.69) is 0 Å². The summed E-state index contributed by atoms with van der Waals surface area (Å²) in [6.07, 6.45) is 1.59. The Labute approximate surface area is 99.7 Å². The van der Waals surface area contributed by atoms with E-state index in [1.165, 1.54) is 0 Å². The maximum Gasteiger partial charge on any atom is 0.338 e. The lowest BCUT2D eigenvalue weighted by atomic mass is 10.1. The Bertz CT molecular complexity index is 383. The van der Waals surface area contributed by atoms with Crippen LogP contribution in [0.25, 0.3) is 0 Å². The Morgan fingerprint density at radius 1 is 1.41 bits per heavy atom. The summed E-state index contributed by atoms with van der Waals surface area (Å²) >= 11 is 0. The number of urea groups is 1. The highest BCUT2D eigenvalue weighted by atomic mass is 16.5. The molecule has 0 aromatic heterocycles. The fourth-order valence-corrected chi connectivity index (χ4v) is 2.04. The zero-order chi connectivity index (χ0) is 12.3. The third-order valence-electron chi connectivity index (χ3n) is 2.91. The number of hydrogen-bond donors (Lipinski definition) is 2. The molecule has 1 aliphatic rings. The van der Waals surface area contributed by atoms with Crippen molar-refractivity contribution >= 4 is 6.03 Å². The molecule has 0 aliphatic carbocycles. The Morgan fingerprint density at radius 2 is 2.12 bits per heavy atom. The monoisotopic (exact) mass is 236 g/mol. The second-order valence-corrected chi connectivity index (χ2v) is 4.16. The van der Waals surface area contributed by atoms with Crippen molar-refractivity contribution in [3.63, 3.8) is 0 Å². The van der Waals surface area contributed by atoms with Crippen LogP contribution in [0.1, 0.15) is 24.5 Å². The van der Waals surface area contributed by atoms with Crippen molar-refractivity contribution in [1.29, 1.82) is 0 Å². The van der Waals surface area contributed by atoms with Crippen molar-refractivity contribution in [2.45, 2.75) is 25.0 Å². The van der Waals surface area contributed by atoms with E-state index in [4.69, 9.17) is 10.5 Å². The number of primary amides is 1. The first-order valence-corrected chi connectivity index (χ1v) is 5.63. The molecule has 1 heterocycles. The summed E-state index contributed by atoms with van der Waals surface area (Å²) < 4.78 is 5.76. The summed E-state index contributed by atoms with van der Waals surface area (Å²) in [7, 11) is 0. The summed E-state index contributed by atoms with van der Waals surface area (Å²) in [6, 6.07) is 9.06. The topological polar surface area (TPSA) is 75.8 Å². The van der Waals surface area contributed by atoms with E-state index in [9.17, 15) is 10.0 Å². The number of rotatable bonds is 3. The number of nitrogens with zero attached hydrogens (tertiary/aromatic N) is 1. The minimum Gasteiger partial charge on any atom is -0.368 e. The van der Waals surface area contributed by atoms with Gasteiger partial charge in [-0.2, -0.15) is 0 Å². The van der Waals surface area contributed by atoms with Crippen LogP contribution >= 0.6 is 0 Å². The molecule has 0 unspecified atom stereocenters. The van der Waals surface area contributed by atoms with Crippen LogP contribution in [0.3, 0.4) is 0 Å². The summed E-state index contributed by atoms with van der Waals surface area (Å²) in [6.45, 7) is 0.124. The van der Waals surface area contributed by atoms with Gasteiger partial charge in [0.25, 0.3) is 0 Å². The smallest absolute Gasteiger partial charge is 0.338 e. The van der Waals surface area contributed by atoms with Crippen LogP contribution in [-0.2, 0) is 4.74 Å². The van der Waals surface area contributed by atoms with Gasteiger partial charge < -0.3 is 10.5 Å². The molecule has 0 spiro atoms. The lowest BCUT2D eigenvalue weighted by molar-refractivity contribution is -0.0788. The summed E-state index contributed by atoms with van der Waals surface area (Å²) in [5, 5.41) is 9.72. The number of benzene rings is 1. The average Bonchev–Trinajstić information content (AvgIpc) is 2.78. The molecule has 0 radical (unpaired) electrons. The maximum absolute atomic E-state index is 10.7. The van der Waals surface area contributed by atoms with Crippen LogP contribution < -0.4 is 5.73 Å². The normalized spacial score (nSPS) is 23.6. The predicted molar refractivity (Wildman–Crippen MR) is 61.4 cm³/mol.